The molecule has 2 atom stereocenters. The smallest absolute Gasteiger partial charge is 0.211 e. The number of sulfonamides is 1. The number of likely N-dealkylation sites (tertiary alicyclic amines) is 1. The maximum atomic E-state index is 11.6. The van der Waals surface area contributed by atoms with E-state index in [1.54, 1.807) is 13.1 Å². The third kappa shape index (κ3) is 4.53. The Labute approximate surface area is 144 Å². The molecule has 0 aliphatic carbocycles. The first-order chi connectivity index (χ1) is 11.5. The summed E-state index contributed by atoms with van der Waals surface area (Å²) in [5.41, 5.74) is 1.11. The van der Waals surface area contributed by atoms with Crippen LogP contribution in [0, 0.1) is 0 Å². The lowest BCUT2D eigenvalue weighted by Crippen LogP contribution is -2.46. The highest BCUT2D eigenvalue weighted by Gasteiger charge is 2.42. The summed E-state index contributed by atoms with van der Waals surface area (Å²) in [4.78, 5) is 6.59. The van der Waals surface area contributed by atoms with Crippen LogP contribution in [0.3, 0.4) is 0 Å². The number of aromatic nitrogens is 1. The fraction of sp³-hybridized carbons (Fsp3) is 0.706. The van der Waals surface area contributed by atoms with Crippen LogP contribution in [0.4, 0.5) is 0 Å². The Morgan fingerprint density at radius 3 is 3.08 bits per heavy atom. The highest BCUT2D eigenvalue weighted by molar-refractivity contribution is 7.89. The van der Waals surface area contributed by atoms with E-state index in [0.717, 1.165) is 45.3 Å². The minimum Gasteiger partial charge on any atom is -0.369 e. The van der Waals surface area contributed by atoms with Crippen LogP contribution >= 0.6 is 0 Å². The Hall–Kier alpha value is -1.02. The Morgan fingerprint density at radius 1 is 1.46 bits per heavy atom. The SMILES string of the molecule is CCS(=O)(=O)NC[C@H]1CCC[C@]2(CCN(Cc3cccnc3)C2)O1. The molecule has 0 aromatic carbocycles. The van der Waals surface area contributed by atoms with Crippen molar-refractivity contribution in [2.45, 2.75) is 50.9 Å². The summed E-state index contributed by atoms with van der Waals surface area (Å²) < 4.78 is 32.3. The van der Waals surface area contributed by atoms with Gasteiger partial charge in [-0.25, -0.2) is 13.1 Å². The second-order valence-electron chi connectivity index (χ2n) is 6.89. The lowest BCUT2D eigenvalue weighted by molar-refractivity contribution is -0.118. The van der Waals surface area contributed by atoms with Gasteiger partial charge in [0.2, 0.25) is 10.0 Å². The Bertz CT molecular complexity index is 638. The number of rotatable bonds is 6. The summed E-state index contributed by atoms with van der Waals surface area (Å²) >= 11 is 0. The summed E-state index contributed by atoms with van der Waals surface area (Å²) in [6, 6.07) is 4.07. The zero-order chi connectivity index (χ0) is 17.0. The topological polar surface area (TPSA) is 71.5 Å². The zero-order valence-corrected chi connectivity index (χ0v) is 15.1. The van der Waals surface area contributed by atoms with Crippen molar-refractivity contribution in [3.05, 3.63) is 30.1 Å². The molecule has 2 saturated heterocycles. The van der Waals surface area contributed by atoms with Gasteiger partial charge in [0.05, 0.1) is 17.5 Å². The van der Waals surface area contributed by atoms with Crippen LogP contribution < -0.4 is 4.72 Å². The van der Waals surface area contributed by atoms with Crippen LogP contribution in [-0.4, -0.2) is 55.4 Å². The first-order valence-corrected chi connectivity index (χ1v) is 10.4. The molecule has 24 heavy (non-hydrogen) atoms. The molecule has 2 fully saturated rings. The quantitative estimate of drug-likeness (QED) is 0.840. The largest absolute Gasteiger partial charge is 0.369 e. The molecule has 1 aromatic heterocycles. The third-order valence-electron chi connectivity index (χ3n) is 5.01. The minimum atomic E-state index is -3.15. The first kappa shape index (κ1) is 17.8. The predicted octanol–water partition coefficient (Wildman–Crippen LogP) is 1.53. The van der Waals surface area contributed by atoms with Gasteiger partial charge < -0.3 is 4.74 Å². The maximum Gasteiger partial charge on any atom is 0.211 e. The molecule has 1 spiro atoms. The fourth-order valence-corrected chi connectivity index (χ4v) is 4.35. The van der Waals surface area contributed by atoms with E-state index in [0.29, 0.717) is 6.54 Å². The maximum absolute atomic E-state index is 11.6. The number of hydrogen-bond donors (Lipinski definition) is 1. The molecular formula is C17H27N3O3S. The number of ether oxygens (including phenoxy) is 1. The van der Waals surface area contributed by atoms with Gasteiger partial charge >= 0.3 is 0 Å². The molecule has 3 rings (SSSR count). The van der Waals surface area contributed by atoms with Crippen LogP contribution in [0.2, 0.25) is 0 Å². The highest BCUT2D eigenvalue weighted by atomic mass is 32.2. The van der Waals surface area contributed by atoms with E-state index < -0.39 is 10.0 Å². The molecule has 3 heterocycles. The molecule has 0 unspecified atom stereocenters. The van der Waals surface area contributed by atoms with Gasteiger partial charge in [0.15, 0.2) is 0 Å². The van der Waals surface area contributed by atoms with Crippen LogP contribution in [0.5, 0.6) is 0 Å². The summed E-state index contributed by atoms with van der Waals surface area (Å²) in [5.74, 6) is 0.115. The van der Waals surface area contributed by atoms with E-state index in [2.05, 4.69) is 20.7 Å². The molecule has 6 nitrogen and oxygen atoms in total. The summed E-state index contributed by atoms with van der Waals surface area (Å²) in [5, 5.41) is 0. The van der Waals surface area contributed by atoms with Gasteiger partial charge in [0.1, 0.15) is 0 Å². The predicted molar refractivity (Wildman–Crippen MR) is 93.0 cm³/mol. The van der Waals surface area contributed by atoms with Crippen molar-refractivity contribution in [1.82, 2.24) is 14.6 Å². The van der Waals surface area contributed by atoms with Crippen molar-refractivity contribution in [2.75, 3.05) is 25.4 Å². The fourth-order valence-electron chi connectivity index (χ4n) is 3.70. The standard InChI is InChI=1S/C17H27N3O3S/c1-2-24(21,22)19-12-16-6-3-7-17(23-16)8-10-20(14-17)13-15-5-4-9-18-11-15/h4-5,9,11,16,19H,2-3,6-8,10,12-14H2,1H3/t16-,17-/m1/s1. The van der Waals surface area contributed by atoms with Gasteiger partial charge in [-0.15, -0.1) is 0 Å². The Morgan fingerprint density at radius 2 is 2.33 bits per heavy atom. The van der Waals surface area contributed by atoms with Crippen molar-refractivity contribution in [3.8, 4) is 0 Å². The Kier molecular flexibility index (Phi) is 5.54. The lowest BCUT2D eigenvalue weighted by Gasteiger charge is -2.39. The number of nitrogens with one attached hydrogen (secondary N) is 1. The molecule has 0 amide bonds. The summed E-state index contributed by atoms with van der Waals surface area (Å²) in [6.07, 6.45) is 7.79. The van der Waals surface area contributed by atoms with E-state index in [-0.39, 0.29) is 17.5 Å². The van der Waals surface area contributed by atoms with Crippen LogP contribution in [0.1, 0.15) is 38.2 Å². The summed E-state index contributed by atoms with van der Waals surface area (Å²) in [6.45, 7) is 4.87. The lowest BCUT2D eigenvalue weighted by atomic mass is 9.90. The molecule has 2 aliphatic heterocycles. The van der Waals surface area contributed by atoms with Crippen molar-refractivity contribution >= 4 is 10.0 Å². The van der Waals surface area contributed by atoms with Gasteiger partial charge in [-0.1, -0.05) is 6.07 Å². The van der Waals surface area contributed by atoms with E-state index in [1.807, 2.05) is 12.3 Å². The zero-order valence-electron chi connectivity index (χ0n) is 14.3. The molecule has 0 bridgehead atoms. The molecule has 7 heteroatoms. The van der Waals surface area contributed by atoms with Gasteiger partial charge in [0, 0.05) is 38.6 Å². The molecule has 134 valence electrons. The highest BCUT2D eigenvalue weighted by Crippen LogP contribution is 2.37. The van der Waals surface area contributed by atoms with E-state index in [1.165, 1.54) is 5.56 Å². The average molecular weight is 353 g/mol. The van der Waals surface area contributed by atoms with Crippen molar-refractivity contribution in [2.24, 2.45) is 0 Å². The second-order valence-corrected chi connectivity index (χ2v) is 8.98. The molecule has 1 aromatic rings. The van der Waals surface area contributed by atoms with Crippen LogP contribution in [0.25, 0.3) is 0 Å². The van der Waals surface area contributed by atoms with Gasteiger partial charge in [0.25, 0.3) is 0 Å². The van der Waals surface area contributed by atoms with E-state index in [4.69, 9.17) is 4.74 Å². The number of hydrogen-bond acceptors (Lipinski definition) is 5. The number of nitrogens with zero attached hydrogens (tertiary/aromatic N) is 2. The van der Waals surface area contributed by atoms with Crippen LogP contribution in [0.15, 0.2) is 24.5 Å². The van der Waals surface area contributed by atoms with Crippen LogP contribution in [-0.2, 0) is 21.3 Å². The summed E-state index contributed by atoms with van der Waals surface area (Å²) in [7, 11) is -3.15. The van der Waals surface area contributed by atoms with Crippen molar-refractivity contribution < 1.29 is 13.2 Å². The van der Waals surface area contributed by atoms with Gasteiger partial charge in [-0.2, -0.15) is 0 Å². The molecule has 0 saturated carbocycles. The molecular weight excluding hydrogens is 326 g/mol. The second kappa shape index (κ2) is 7.47. The van der Waals surface area contributed by atoms with Crippen molar-refractivity contribution in [1.29, 1.82) is 0 Å². The Balaban J connectivity index is 1.54. The van der Waals surface area contributed by atoms with Gasteiger partial charge in [-0.05, 0) is 44.2 Å². The van der Waals surface area contributed by atoms with E-state index >= 15 is 0 Å². The van der Waals surface area contributed by atoms with E-state index in [9.17, 15) is 8.42 Å². The molecule has 2 aliphatic rings. The monoisotopic (exact) mass is 353 g/mol. The number of pyridine rings is 1. The van der Waals surface area contributed by atoms with Crippen molar-refractivity contribution in [3.63, 3.8) is 0 Å². The van der Waals surface area contributed by atoms with Gasteiger partial charge in [-0.3, -0.25) is 9.88 Å². The molecule has 0 radical (unpaired) electrons. The first-order valence-electron chi connectivity index (χ1n) is 8.77. The third-order valence-corrected chi connectivity index (χ3v) is 6.38. The molecule has 1 N–H and O–H groups in total. The average Bonchev–Trinajstić information content (AvgIpc) is 2.96. The normalized spacial score (nSPS) is 28.5. The minimum absolute atomic E-state index is 0.0154.